The number of hydrogen-bond acceptors (Lipinski definition) is 1. The van der Waals surface area contributed by atoms with Gasteiger partial charge in [0.05, 0.1) is 0 Å². The van der Waals surface area contributed by atoms with E-state index in [4.69, 9.17) is 0 Å². The molecule has 2 heteroatoms. The van der Waals surface area contributed by atoms with Crippen molar-refractivity contribution in [2.45, 2.75) is 73.8 Å². The number of allylic oxidation sites excluding steroid dienone is 4. The van der Waals surface area contributed by atoms with E-state index in [-0.39, 0.29) is 11.4 Å². The van der Waals surface area contributed by atoms with Gasteiger partial charge in [-0.15, -0.1) is 0 Å². The Balaban J connectivity index is -0.000000656. The van der Waals surface area contributed by atoms with Crippen molar-refractivity contribution in [3.8, 4) is 0 Å². The van der Waals surface area contributed by atoms with Crippen molar-refractivity contribution in [2.24, 2.45) is 0 Å². The van der Waals surface area contributed by atoms with E-state index in [9.17, 15) is 4.79 Å². The Morgan fingerprint density at radius 2 is 1.75 bits per heavy atom. The van der Waals surface area contributed by atoms with Crippen molar-refractivity contribution in [3.63, 3.8) is 0 Å². The van der Waals surface area contributed by atoms with Crippen LogP contribution in [0, 0.1) is 0 Å². The van der Waals surface area contributed by atoms with Gasteiger partial charge in [-0.3, -0.25) is 4.79 Å². The Morgan fingerprint density at radius 1 is 1.25 bits per heavy atom. The predicted molar refractivity (Wildman–Crippen MR) is 92.9 cm³/mol. The van der Waals surface area contributed by atoms with Crippen LogP contribution in [0.1, 0.15) is 68.2 Å². The van der Waals surface area contributed by atoms with E-state index in [1.165, 1.54) is 5.57 Å². The standard InChI is InChI=1S/C14H23NO.2C2H6/c1-6-9-13(10-7-2)11-14(5,8-3)15-12(4)16;2*1-2/h6-7,9-10H,1,8,11H2,2-5H3,(H,15,16);2*1-2H3/b10-7-,13-9+;;. The minimum atomic E-state index is -0.180. The molecule has 0 aromatic carbocycles. The SMILES string of the molecule is C=C/C=C(\C=C/C)CC(C)(CC)NC(C)=O.CC.CC. The zero-order valence-corrected chi connectivity index (χ0v) is 14.8. The maximum atomic E-state index is 11.1. The third kappa shape index (κ3) is 13.1. The van der Waals surface area contributed by atoms with Crippen molar-refractivity contribution >= 4 is 5.91 Å². The number of hydrogen-bond donors (Lipinski definition) is 1. The van der Waals surface area contributed by atoms with Crippen molar-refractivity contribution in [1.82, 2.24) is 5.32 Å². The van der Waals surface area contributed by atoms with Gasteiger partial charge >= 0.3 is 0 Å². The van der Waals surface area contributed by atoms with Crippen LogP contribution < -0.4 is 5.32 Å². The Morgan fingerprint density at radius 3 is 2.05 bits per heavy atom. The molecule has 1 atom stereocenters. The molecule has 0 aromatic heterocycles. The topological polar surface area (TPSA) is 29.1 Å². The number of carbonyl (C=O) groups excluding carboxylic acids is 1. The first-order chi connectivity index (χ1) is 9.47. The van der Waals surface area contributed by atoms with E-state index in [1.807, 2.05) is 46.8 Å². The molecule has 0 aliphatic heterocycles. The molecule has 118 valence electrons. The van der Waals surface area contributed by atoms with E-state index >= 15 is 0 Å². The fraction of sp³-hybridized carbons (Fsp3) is 0.611. The summed E-state index contributed by atoms with van der Waals surface area (Å²) in [6.07, 6.45) is 9.53. The molecule has 0 spiro atoms. The van der Waals surface area contributed by atoms with Crippen LogP contribution in [0.4, 0.5) is 0 Å². The molecule has 20 heavy (non-hydrogen) atoms. The Bertz CT molecular complexity index is 303. The van der Waals surface area contributed by atoms with Crippen LogP contribution in [0.15, 0.2) is 36.5 Å². The van der Waals surface area contributed by atoms with Gasteiger partial charge < -0.3 is 5.32 Å². The quantitative estimate of drug-likeness (QED) is 0.647. The largest absolute Gasteiger partial charge is 0.351 e. The Labute approximate surface area is 127 Å². The lowest BCUT2D eigenvalue weighted by atomic mass is 9.89. The molecule has 1 unspecified atom stereocenters. The summed E-state index contributed by atoms with van der Waals surface area (Å²) in [5, 5.41) is 3.01. The van der Waals surface area contributed by atoms with E-state index in [2.05, 4.69) is 31.8 Å². The molecule has 2 nitrogen and oxygen atoms in total. The fourth-order valence-corrected chi connectivity index (χ4v) is 1.67. The summed E-state index contributed by atoms with van der Waals surface area (Å²) in [5.41, 5.74) is 0.996. The molecule has 0 aromatic rings. The monoisotopic (exact) mass is 281 g/mol. The lowest BCUT2D eigenvalue weighted by Gasteiger charge is -2.29. The first kappa shape index (κ1) is 23.8. The predicted octanol–water partition coefficient (Wildman–Crippen LogP) is 5.42. The minimum Gasteiger partial charge on any atom is -0.351 e. The molecule has 0 aliphatic rings. The van der Waals surface area contributed by atoms with Gasteiger partial charge in [0.2, 0.25) is 5.91 Å². The normalized spacial score (nSPS) is 13.3. The molecule has 0 radical (unpaired) electrons. The third-order valence-corrected chi connectivity index (χ3v) is 2.57. The molecule has 0 heterocycles. The van der Waals surface area contributed by atoms with Gasteiger partial charge in [0.1, 0.15) is 0 Å². The van der Waals surface area contributed by atoms with Crippen LogP contribution in [0.2, 0.25) is 0 Å². The van der Waals surface area contributed by atoms with Crippen LogP contribution >= 0.6 is 0 Å². The van der Waals surface area contributed by atoms with Gasteiger partial charge in [-0.1, -0.05) is 65.5 Å². The van der Waals surface area contributed by atoms with E-state index in [1.54, 1.807) is 13.0 Å². The first-order valence-corrected chi connectivity index (χ1v) is 7.70. The Kier molecular flexibility index (Phi) is 18.7. The second-order valence-electron chi connectivity index (χ2n) is 4.25. The van der Waals surface area contributed by atoms with Crippen LogP contribution in [0.5, 0.6) is 0 Å². The molecule has 0 bridgehead atoms. The van der Waals surface area contributed by atoms with Gasteiger partial charge in [0, 0.05) is 12.5 Å². The highest BCUT2D eigenvalue weighted by atomic mass is 16.1. The molecule has 1 N–H and O–H groups in total. The van der Waals surface area contributed by atoms with Gasteiger partial charge in [-0.2, -0.15) is 0 Å². The van der Waals surface area contributed by atoms with Gasteiger partial charge in [0.15, 0.2) is 0 Å². The van der Waals surface area contributed by atoms with E-state index < -0.39 is 0 Å². The summed E-state index contributed by atoms with van der Waals surface area (Å²) in [7, 11) is 0. The molecule has 0 fully saturated rings. The zero-order chi connectivity index (χ0) is 16.6. The molecular weight excluding hydrogens is 246 g/mol. The van der Waals surface area contributed by atoms with Crippen molar-refractivity contribution in [2.75, 3.05) is 0 Å². The van der Waals surface area contributed by atoms with E-state index in [0.29, 0.717) is 0 Å². The zero-order valence-electron chi connectivity index (χ0n) is 14.8. The summed E-state index contributed by atoms with van der Waals surface area (Å²) < 4.78 is 0. The maximum Gasteiger partial charge on any atom is 0.217 e. The molecule has 0 rings (SSSR count). The summed E-state index contributed by atoms with van der Waals surface area (Å²) in [6, 6.07) is 0. The van der Waals surface area contributed by atoms with Crippen molar-refractivity contribution in [3.05, 3.63) is 36.5 Å². The van der Waals surface area contributed by atoms with E-state index in [0.717, 1.165) is 12.8 Å². The lowest BCUT2D eigenvalue weighted by molar-refractivity contribution is -0.120. The second kappa shape index (κ2) is 15.7. The average Bonchev–Trinajstić information content (AvgIpc) is 2.43. The van der Waals surface area contributed by atoms with Gasteiger partial charge in [0.25, 0.3) is 0 Å². The highest BCUT2D eigenvalue weighted by Gasteiger charge is 2.23. The van der Waals surface area contributed by atoms with Gasteiger partial charge in [-0.25, -0.2) is 0 Å². The van der Waals surface area contributed by atoms with Gasteiger partial charge in [-0.05, 0) is 32.3 Å². The minimum absolute atomic E-state index is 0.0165. The smallest absolute Gasteiger partial charge is 0.217 e. The highest BCUT2D eigenvalue weighted by molar-refractivity contribution is 5.73. The molecule has 0 saturated carbocycles. The van der Waals surface area contributed by atoms with Crippen LogP contribution in [0.25, 0.3) is 0 Å². The fourth-order valence-electron chi connectivity index (χ4n) is 1.67. The van der Waals surface area contributed by atoms with Crippen LogP contribution in [0.3, 0.4) is 0 Å². The number of rotatable bonds is 6. The second-order valence-corrected chi connectivity index (χ2v) is 4.25. The molecule has 0 saturated heterocycles. The number of carbonyl (C=O) groups is 1. The van der Waals surface area contributed by atoms with Crippen molar-refractivity contribution < 1.29 is 4.79 Å². The average molecular weight is 281 g/mol. The van der Waals surface area contributed by atoms with Crippen LogP contribution in [-0.2, 0) is 4.79 Å². The summed E-state index contributed by atoms with van der Waals surface area (Å²) in [4.78, 5) is 11.1. The third-order valence-electron chi connectivity index (χ3n) is 2.57. The first-order valence-electron chi connectivity index (χ1n) is 7.70. The highest BCUT2D eigenvalue weighted by Crippen LogP contribution is 2.21. The molecule has 1 amide bonds. The molecular formula is C18H35NO. The lowest BCUT2D eigenvalue weighted by Crippen LogP contribution is -2.44. The molecule has 0 aliphatic carbocycles. The summed E-state index contributed by atoms with van der Waals surface area (Å²) in [6.45, 7) is 19.4. The van der Waals surface area contributed by atoms with Crippen LogP contribution in [-0.4, -0.2) is 11.4 Å². The summed E-state index contributed by atoms with van der Waals surface area (Å²) >= 11 is 0. The Hall–Kier alpha value is -1.31. The number of nitrogens with one attached hydrogen (secondary N) is 1. The maximum absolute atomic E-state index is 11.1. The van der Waals surface area contributed by atoms with Crippen molar-refractivity contribution in [1.29, 1.82) is 0 Å². The summed E-state index contributed by atoms with van der Waals surface area (Å²) in [5.74, 6) is 0.0165. The number of amides is 1.